The van der Waals surface area contributed by atoms with E-state index in [1.165, 1.54) is 4.31 Å². The summed E-state index contributed by atoms with van der Waals surface area (Å²) in [6.45, 7) is 1.63. The monoisotopic (exact) mass is 394 g/mol. The van der Waals surface area contributed by atoms with Crippen molar-refractivity contribution >= 4 is 19.9 Å². The molecule has 0 amide bonds. The van der Waals surface area contributed by atoms with Crippen LogP contribution in [0.3, 0.4) is 0 Å². The smallest absolute Gasteiger partial charge is 0.243 e. The lowest BCUT2D eigenvalue weighted by molar-refractivity contribution is 0.0209. The molecule has 1 aliphatic heterocycles. The van der Waals surface area contributed by atoms with E-state index in [-0.39, 0.29) is 24.1 Å². The molecule has 1 aromatic rings. The average Bonchev–Trinajstić information content (AvgIpc) is 2.54. The molecule has 0 saturated carbocycles. The highest BCUT2D eigenvalue weighted by Crippen LogP contribution is 2.25. The number of halogens is 1. The van der Waals surface area contributed by atoms with Gasteiger partial charge in [-0.1, -0.05) is 0 Å². The van der Waals surface area contributed by atoms with Gasteiger partial charge in [0, 0.05) is 26.0 Å². The maximum atomic E-state index is 14.0. The molecule has 7 nitrogen and oxygen atoms in total. The summed E-state index contributed by atoms with van der Waals surface area (Å²) in [5, 5.41) is 0. The van der Waals surface area contributed by atoms with Crippen LogP contribution in [0.5, 0.6) is 0 Å². The second kappa shape index (κ2) is 8.09. The van der Waals surface area contributed by atoms with Gasteiger partial charge in [-0.25, -0.2) is 21.2 Å². The molecule has 25 heavy (non-hydrogen) atoms. The zero-order valence-electron chi connectivity index (χ0n) is 14.0. The Hall–Kier alpha value is -1.07. The lowest BCUT2D eigenvalue weighted by Crippen LogP contribution is -2.41. The van der Waals surface area contributed by atoms with E-state index in [4.69, 9.17) is 10.5 Å². The van der Waals surface area contributed by atoms with Gasteiger partial charge in [-0.3, -0.25) is 0 Å². The summed E-state index contributed by atoms with van der Waals surface area (Å²) >= 11 is 0. The van der Waals surface area contributed by atoms with Crippen molar-refractivity contribution in [1.29, 1.82) is 0 Å². The lowest BCUT2D eigenvalue weighted by atomic mass is 10.1. The standard InChI is InChI=1S/C15H23FN2O5S2/c1-24(19,20)15-4-3-13(11-14(15)16)25(21,22)18-8-5-12(6-9-18)23-10-2-7-17/h3-4,11-12H,2,5-10,17H2,1H3. The Balaban J connectivity index is 2.09. The zero-order chi connectivity index (χ0) is 18.7. The molecule has 0 spiro atoms. The van der Waals surface area contributed by atoms with E-state index in [9.17, 15) is 21.2 Å². The van der Waals surface area contributed by atoms with E-state index >= 15 is 0 Å². The zero-order valence-corrected chi connectivity index (χ0v) is 15.7. The second-order valence-corrected chi connectivity index (χ2v) is 9.90. The molecule has 2 rings (SSSR count). The Labute approximate surface area is 147 Å². The Morgan fingerprint density at radius 2 is 1.88 bits per heavy atom. The van der Waals surface area contributed by atoms with Crippen molar-refractivity contribution in [3.63, 3.8) is 0 Å². The molecule has 0 aromatic heterocycles. The lowest BCUT2D eigenvalue weighted by Gasteiger charge is -2.31. The molecule has 1 fully saturated rings. The summed E-state index contributed by atoms with van der Waals surface area (Å²) in [7, 11) is -7.62. The second-order valence-electron chi connectivity index (χ2n) is 5.98. The van der Waals surface area contributed by atoms with Crippen LogP contribution >= 0.6 is 0 Å². The van der Waals surface area contributed by atoms with Gasteiger partial charge in [-0.15, -0.1) is 0 Å². The third-order valence-corrected chi connectivity index (χ3v) is 7.07. The van der Waals surface area contributed by atoms with Crippen LogP contribution in [-0.2, 0) is 24.6 Å². The molecule has 1 aliphatic rings. The van der Waals surface area contributed by atoms with Crippen molar-refractivity contribution in [2.24, 2.45) is 5.73 Å². The third kappa shape index (κ3) is 4.98. The summed E-state index contributed by atoms with van der Waals surface area (Å²) in [4.78, 5) is -0.765. The molecule has 0 atom stereocenters. The SMILES string of the molecule is CS(=O)(=O)c1ccc(S(=O)(=O)N2CCC(OCCCN)CC2)cc1F. The number of piperidine rings is 1. The van der Waals surface area contributed by atoms with Crippen LogP contribution in [0.25, 0.3) is 0 Å². The molecule has 1 saturated heterocycles. The van der Waals surface area contributed by atoms with Crippen LogP contribution < -0.4 is 5.73 Å². The molecule has 2 N–H and O–H groups in total. The molecule has 0 bridgehead atoms. The summed E-state index contributed by atoms with van der Waals surface area (Å²) in [5.74, 6) is -1.07. The van der Waals surface area contributed by atoms with Crippen LogP contribution in [0.15, 0.2) is 28.0 Å². The minimum absolute atomic E-state index is 0.0117. The summed E-state index contributed by atoms with van der Waals surface area (Å²) < 4.78 is 69.0. The number of hydrogen-bond acceptors (Lipinski definition) is 6. The number of ether oxygens (including phenoxy) is 1. The maximum absolute atomic E-state index is 14.0. The first kappa shape index (κ1) is 20.2. The Bertz CT molecular complexity index is 803. The van der Waals surface area contributed by atoms with Crippen LogP contribution in [0.2, 0.25) is 0 Å². The predicted molar refractivity (Wildman–Crippen MR) is 90.9 cm³/mol. The van der Waals surface area contributed by atoms with Gasteiger partial charge >= 0.3 is 0 Å². The fraction of sp³-hybridized carbons (Fsp3) is 0.600. The van der Waals surface area contributed by atoms with Gasteiger partial charge in [0.1, 0.15) is 10.7 Å². The highest BCUT2D eigenvalue weighted by molar-refractivity contribution is 7.90. The topological polar surface area (TPSA) is 107 Å². The third-order valence-electron chi connectivity index (χ3n) is 4.04. The first-order valence-corrected chi connectivity index (χ1v) is 11.3. The Morgan fingerprint density at radius 3 is 2.40 bits per heavy atom. The van der Waals surface area contributed by atoms with Gasteiger partial charge in [-0.2, -0.15) is 4.31 Å². The van der Waals surface area contributed by atoms with Crippen molar-refractivity contribution in [1.82, 2.24) is 4.31 Å². The Morgan fingerprint density at radius 1 is 1.24 bits per heavy atom. The normalized spacial score (nSPS) is 17.7. The summed E-state index contributed by atoms with van der Waals surface area (Å²) in [6.07, 6.45) is 2.71. The van der Waals surface area contributed by atoms with Gasteiger partial charge in [0.15, 0.2) is 9.84 Å². The quantitative estimate of drug-likeness (QED) is 0.684. The maximum Gasteiger partial charge on any atom is 0.243 e. The largest absolute Gasteiger partial charge is 0.378 e. The molecule has 1 heterocycles. The van der Waals surface area contributed by atoms with E-state index in [1.807, 2.05) is 0 Å². The molecule has 142 valence electrons. The van der Waals surface area contributed by atoms with E-state index in [0.717, 1.165) is 30.9 Å². The summed E-state index contributed by atoms with van der Waals surface area (Å²) in [6, 6.07) is 2.87. The molecular formula is C15H23FN2O5S2. The fourth-order valence-corrected chi connectivity index (χ4v) is 4.87. The number of benzene rings is 1. The first-order chi connectivity index (χ1) is 11.7. The number of nitrogens with two attached hydrogens (primary N) is 1. The van der Waals surface area contributed by atoms with Crippen LogP contribution in [-0.4, -0.2) is 59.7 Å². The van der Waals surface area contributed by atoms with E-state index in [2.05, 4.69) is 0 Å². The minimum Gasteiger partial charge on any atom is -0.378 e. The Kier molecular flexibility index (Phi) is 6.55. The van der Waals surface area contributed by atoms with Crippen molar-refractivity contribution < 1.29 is 26.0 Å². The van der Waals surface area contributed by atoms with Crippen molar-refractivity contribution in [3.8, 4) is 0 Å². The molecule has 10 heteroatoms. The minimum atomic E-state index is -3.87. The van der Waals surface area contributed by atoms with Crippen molar-refractivity contribution in [2.75, 3.05) is 32.5 Å². The number of sulfonamides is 1. The fourth-order valence-electron chi connectivity index (χ4n) is 2.66. The number of sulfone groups is 1. The van der Waals surface area contributed by atoms with Crippen molar-refractivity contribution in [3.05, 3.63) is 24.0 Å². The van der Waals surface area contributed by atoms with Gasteiger partial charge in [0.2, 0.25) is 10.0 Å². The van der Waals surface area contributed by atoms with E-state index < -0.39 is 30.6 Å². The number of hydrogen-bond donors (Lipinski definition) is 1. The predicted octanol–water partition coefficient (Wildman–Crippen LogP) is 0.748. The highest BCUT2D eigenvalue weighted by Gasteiger charge is 2.30. The van der Waals surface area contributed by atoms with Crippen LogP contribution in [0.1, 0.15) is 19.3 Å². The van der Waals surface area contributed by atoms with Crippen molar-refractivity contribution in [2.45, 2.75) is 35.2 Å². The molecule has 0 aliphatic carbocycles. The van der Waals surface area contributed by atoms with Gasteiger partial charge < -0.3 is 10.5 Å². The van der Waals surface area contributed by atoms with E-state index in [0.29, 0.717) is 26.0 Å². The van der Waals surface area contributed by atoms with Crippen LogP contribution in [0.4, 0.5) is 4.39 Å². The van der Waals surface area contributed by atoms with Gasteiger partial charge in [-0.05, 0) is 44.0 Å². The van der Waals surface area contributed by atoms with Gasteiger partial charge in [0.05, 0.1) is 11.0 Å². The van der Waals surface area contributed by atoms with Crippen LogP contribution in [0, 0.1) is 5.82 Å². The number of rotatable bonds is 7. The number of nitrogens with zero attached hydrogens (tertiary/aromatic N) is 1. The molecular weight excluding hydrogens is 371 g/mol. The summed E-state index contributed by atoms with van der Waals surface area (Å²) in [5.41, 5.74) is 5.40. The molecule has 0 unspecified atom stereocenters. The average molecular weight is 394 g/mol. The first-order valence-electron chi connectivity index (χ1n) is 7.97. The highest BCUT2D eigenvalue weighted by atomic mass is 32.2. The molecule has 0 radical (unpaired) electrons. The van der Waals surface area contributed by atoms with Gasteiger partial charge in [0.25, 0.3) is 0 Å². The van der Waals surface area contributed by atoms with E-state index in [1.54, 1.807) is 0 Å². The molecule has 1 aromatic carbocycles.